The van der Waals surface area contributed by atoms with Crippen molar-refractivity contribution < 1.29 is 9.53 Å². The largest absolute Gasteiger partial charge is 0.497 e. The summed E-state index contributed by atoms with van der Waals surface area (Å²) in [5.41, 5.74) is 4.31. The first kappa shape index (κ1) is 23.1. The van der Waals surface area contributed by atoms with Crippen molar-refractivity contribution in [3.05, 3.63) is 112 Å². The first-order valence-corrected chi connectivity index (χ1v) is 11.7. The number of dihydropyridines is 1. The van der Waals surface area contributed by atoms with Crippen molar-refractivity contribution in [1.82, 2.24) is 10.3 Å². The highest BCUT2D eigenvalue weighted by Gasteiger charge is 2.34. The van der Waals surface area contributed by atoms with Crippen molar-refractivity contribution in [3.63, 3.8) is 0 Å². The highest BCUT2D eigenvalue weighted by molar-refractivity contribution is 8.02. The molecule has 1 unspecified atom stereocenters. The van der Waals surface area contributed by atoms with Gasteiger partial charge in [0.1, 0.15) is 5.75 Å². The Balaban J connectivity index is 1.72. The lowest BCUT2D eigenvalue weighted by Crippen LogP contribution is -2.30. The Morgan fingerprint density at radius 1 is 1.15 bits per heavy atom. The number of allylic oxidation sites excluding steroid dienone is 2. The summed E-state index contributed by atoms with van der Waals surface area (Å²) in [6, 6.07) is 23.0. The number of para-hydroxylation sites is 1. The minimum atomic E-state index is -0.516. The van der Waals surface area contributed by atoms with E-state index in [1.807, 2.05) is 79.9 Å². The molecule has 170 valence electrons. The summed E-state index contributed by atoms with van der Waals surface area (Å²) in [5.74, 6) is 0.593. The second-order valence-electron chi connectivity index (χ2n) is 7.69. The summed E-state index contributed by atoms with van der Waals surface area (Å²) in [4.78, 5) is 17.6. The molecule has 1 aromatic heterocycles. The lowest BCUT2D eigenvalue weighted by atomic mass is 9.82. The van der Waals surface area contributed by atoms with Crippen LogP contribution in [0.2, 0.25) is 0 Å². The van der Waals surface area contributed by atoms with E-state index in [4.69, 9.17) is 4.74 Å². The van der Waals surface area contributed by atoms with E-state index in [2.05, 4.69) is 21.7 Å². The predicted octanol–water partition coefficient (Wildman–Crippen LogP) is 5.36. The van der Waals surface area contributed by atoms with E-state index in [1.54, 1.807) is 13.3 Å². The molecule has 0 fully saturated rings. The number of nitriles is 1. The molecule has 0 spiro atoms. The standard InChI is InChI=1S/C27H24N4O2S/c1-18-24(26(32)31-21-8-4-3-5-9-21)25(20-10-12-22(33-2)13-11-20)23(15-28)27(30-18)34-17-19-7-6-14-29-16-19/h3-14,16,25,30H,17H2,1-2H3,(H,31,32). The first-order valence-electron chi connectivity index (χ1n) is 10.7. The zero-order valence-corrected chi connectivity index (χ0v) is 19.7. The fourth-order valence-corrected chi connectivity index (χ4v) is 4.84. The fraction of sp³-hybridized carbons (Fsp3) is 0.148. The van der Waals surface area contributed by atoms with Crippen LogP contribution < -0.4 is 15.4 Å². The zero-order chi connectivity index (χ0) is 23.9. The third-order valence-electron chi connectivity index (χ3n) is 5.48. The number of aromatic nitrogens is 1. The molecule has 34 heavy (non-hydrogen) atoms. The molecule has 1 amide bonds. The number of nitrogens with zero attached hydrogens (tertiary/aromatic N) is 2. The molecule has 0 radical (unpaired) electrons. The Morgan fingerprint density at radius 2 is 1.91 bits per heavy atom. The third kappa shape index (κ3) is 5.13. The number of amides is 1. The Labute approximate surface area is 203 Å². The third-order valence-corrected chi connectivity index (χ3v) is 6.57. The van der Waals surface area contributed by atoms with Crippen LogP contribution in [0.5, 0.6) is 5.75 Å². The van der Waals surface area contributed by atoms with Crippen molar-refractivity contribution in [2.24, 2.45) is 0 Å². The molecule has 0 aliphatic carbocycles. The topological polar surface area (TPSA) is 87.0 Å². The molecule has 2 aromatic carbocycles. The minimum Gasteiger partial charge on any atom is -0.497 e. The molecule has 7 heteroatoms. The monoisotopic (exact) mass is 468 g/mol. The molecule has 6 nitrogen and oxygen atoms in total. The van der Waals surface area contributed by atoms with Crippen molar-refractivity contribution in [2.75, 3.05) is 12.4 Å². The number of methoxy groups -OCH3 is 1. The molecule has 2 heterocycles. The van der Waals surface area contributed by atoms with E-state index in [0.29, 0.717) is 34.0 Å². The van der Waals surface area contributed by atoms with Gasteiger partial charge in [0.2, 0.25) is 0 Å². The SMILES string of the molecule is COc1ccc(C2C(C#N)=C(SCc3cccnc3)NC(C)=C2C(=O)Nc2ccccc2)cc1. The van der Waals surface area contributed by atoms with Gasteiger partial charge in [0.05, 0.1) is 29.7 Å². The zero-order valence-electron chi connectivity index (χ0n) is 18.9. The van der Waals surface area contributed by atoms with Crippen molar-refractivity contribution in [2.45, 2.75) is 18.6 Å². The van der Waals surface area contributed by atoms with Crippen molar-refractivity contribution >= 4 is 23.4 Å². The van der Waals surface area contributed by atoms with Gasteiger partial charge < -0.3 is 15.4 Å². The molecule has 2 N–H and O–H groups in total. The molecule has 1 aliphatic heterocycles. The van der Waals surface area contributed by atoms with Gasteiger partial charge in [-0.3, -0.25) is 9.78 Å². The van der Waals surface area contributed by atoms with E-state index in [9.17, 15) is 10.1 Å². The number of hydrogen-bond donors (Lipinski definition) is 2. The van der Waals surface area contributed by atoms with Gasteiger partial charge in [-0.15, -0.1) is 11.8 Å². The van der Waals surface area contributed by atoms with Gasteiger partial charge in [-0.1, -0.05) is 36.4 Å². The van der Waals surface area contributed by atoms with E-state index in [-0.39, 0.29) is 5.91 Å². The van der Waals surface area contributed by atoms with Crippen LogP contribution >= 0.6 is 11.8 Å². The van der Waals surface area contributed by atoms with Gasteiger partial charge in [-0.25, -0.2) is 0 Å². The Bertz CT molecular complexity index is 1260. The van der Waals surface area contributed by atoms with E-state index < -0.39 is 5.92 Å². The van der Waals surface area contributed by atoms with Crippen LogP contribution in [0, 0.1) is 11.3 Å². The Kier molecular flexibility index (Phi) is 7.31. The summed E-state index contributed by atoms with van der Waals surface area (Å²) in [5, 5.41) is 17.2. The second-order valence-corrected chi connectivity index (χ2v) is 8.68. The lowest BCUT2D eigenvalue weighted by Gasteiger charge is -2.30. The summed E-state index contributed by atoms with van der Waals surface area (Å²) in [6.45, 7) is 1.87. The van der Waals surface area contributed by atoms with Crippen molar-refractivity contribution in [3.8, 4) is 11.8 Å². The highest BCUT2D eigenvalue weighted by atomic mass is 32.2. The van der Waals surface area contributed by atoms with Crippen LogP contribution in [-0.2, 0) is 10.5 Å². The van der Waals surface area contributed by atoms with Crippen LogP contribution in [0.1, 0.15) is 24.0 Å². The number of carbonyl (C=O) groups is 1. The number of carbonyl (C=O) groups excluding carboxylic acids is 1. The fourth-order valence-electron chi connectivity index (χ4n) is 3.82. The lowest BCUT2D eigenvalue weighted by molar-refractivity contribution is -0.113. The first-order chi connectivity index (χ1) is 16.6. The Hall–Kier alpha value is -4.02. The van der Waals surface area contributed by atoms with Gasteiger partial charge in [0.15, 0.2) is 0 Å². The van der Waals surface area contributed by atoms with E-state index in [0.717, 1.165) is 16.2 Å². The second kappa shape index (κ2) is 10.7. The number of benzene rings is 2. The maximum Gasteiger partial charge on any atom is 0.254 e. The van der Waals surface area contributed by atoms with Gasteiger partial charge in [0.25, 0.3) is 5.91 Å². The quantitative estimate of drug-likeness (QED) is 0.486. The van der Waals surface area contributed by atoms with Crippen LogP contribution in [0.3, 0.4) is 0 Å². The summed E-state index contributed by atoms with van der Waals surface area (Å²) in [6.07, 6.45) is 3.54. The van der Waals surface area contributed by atoms with Crippen molar-refractivity contribution in [1.29, 1.82) is 5.26 Å². The number of thioether (sulfide) groups is 1. The minimum absolute atomic E-state index is 0.249. The number of anilines is 1. The molecular formula is C27H24N4O2S. The Morgan fingerprint density at radius 3 is 2.56 bits per heavy atom. The van der Waals surface area contributed by atoms with E-state index >= 15 is 0 Å². The summed E-state index contributed by atoms with van der Waals surface area (Å²) >= 11 is 1.53. The average Bonchev–Trinajstić information content (AvgIpc) is 2.88. The smallest absolute Gasteiger partial charge is 0.254 e. The summed E-state index contributed by atoms with van der Waals surface area (Å²) < 4.78 is 5.30. The number of hydrogen-bond acceptors (Lipinski definition) is 6. The van der Waals surface area contributed by atoms with Gasteiger partial charge in [0, 0.05) is 35.1 Å². The molecule has 3 aromatic rings. The predicted molar refractivity (Wildman–Crippen MR) is 135 cm³/mol. The van der Waals surface area contributed by atoms with Crippen LogP contribution in [0.4, 0.5) is 5.69 Å². The number of ether oxygens (including phenoxy) is 1. The molecule has 1 atom stereocenters. The van der Waals surface area contributed by atoms with Gasteiger partial charge in [-0.2, -0.15) is 5.26 Å². The number of nitrogens with one attached hydrogen (secondary N) is 2. The number of rotatable bonds is 7. The van der Waals surface area contributed by atoms with Crippen LogP contribution in [0.25, 0.3) is 0 Å². The summed E-state index contributed by atoms with van der Waals surface area (Å²) in [7, 11) is 1.61. The normalized spacial score (nSPS) is 15.4. The number of pyridine rings is 1. The molecule has 1 aliphatic rings. The van der Waals surface area contributed by atoms with Crippen LogP contribution in [0.15, 0.2) is 101 Å². The average molecular weight is 469 g/mol. The molecule has 0 saturated carbocycles. The molecular weight excluding hydrogens is 444 g/mol. The molecule has 4 rings (SSSR count). The maximum atomic E-state index is 13.5. The molecule has 0 bridgehead atoms. The maximum absolute atomic E-state index is 13.5. The van der Waals surface area contributed by atoms with E-state index in [1.165, 1.54) is 11.8 Å². The molecule has 0 saturated heterocycles. The highest BCUT2D eigenvalue weighted by Crippen LogP contribution is 2.41. The van der Waals surface area contributed by atoms with Gasteiger partial charge >= 0.3 is 0 Å². The van der Waals surface area contributed by atoms with Crippen LogP contribution in [-0.4, -0.2) is 18.0 Å². The van der Waals surface area contributed by atoms with Gasteiger partial charge in [-0.05, 0) is 48.4 Å².